The molecule has 1 heterocycles. The Kier molecular flexibility index (Phi) is 5.09. The van der Waals surface area contributed by atoms with Crippen molar-refractivity contribution in [2.24, 2.45) is 0 Å². The van der Waals surface area contributed by atoms with Gasteiger partial charge in [0, 0.05) is 12.1 Å². The number of benzene rings is 2. The van der Waals surface area contributed by atoms with E-state index in [1.54, 1.807) is 12.1 Å². The lowest BCUT2D eigenvalue weighted by Gasteiger charge is -2.09. The van der Waals surface area contributed by atoms with Crippen molar-refractivity contribution in [3.63, 3.8) is 0 Å². The van der Waals surface area contributed by atoms with Crippen LogP contribution in [0.5, 0.6) is 5.75 Å². The van der Waals surface area contributed by atoms with Gasteiger partial charge in [-0.25, -0.2) is 9.78 Å². The molecule has 2 N–H and O–H groups in total. The quantitative estimate of drug-likeness (QED) is 0.543. The fourth-order valence-electron chi connectivity index (χ4n) is 2.45. The Labute approximate surface area is 174 Å². The van der Waals surface area contributed by atoms with Gasteiger partial charge in [-0.15, -0.1) is 0 Å². The van der Waals surface area contributed by atoms with E-state index >= 15 is 0 Å². The third-order valence-corrected chi connectivity index (χ3v) is 7.01. The number of amides is 2. The van der Waals surface area contributed by atoms with E-state index in [1.165, 1.54) is 35.6 Å². The van der Waals surface area contributed by atoms with E-state index in [-0.39, 0.29) is 32.8 Å². The van der Waals surface area contributed by atoms with Crippen LogP contribution in [0.25, 0.3) is 10.2 Å². The minimum atomic E-state index is -4.22. The molecule has 0 aliphatic heterocycles. The fraction of sp³-hybridized carbons (Fsp3) is 0.176. The van der Waals surface area contributed by atoms with Crippen molar-refractivity contribution in [2.45, 2.75) is 23.8 Å². The summed E-state index contributed by atoms with van der Waals surface area (Å²) in [7, 11) is -4.22. The summed E-state index contributed by atoms with van der Waals surface area (Å²) >= 11 is 13.1. The van der Waals surface area contributed by atoms with Crippen LogP contribution in [0.2, 0.25) is 10.0 Å². The summed E-state index contributed by atoms with van der Waals surface area (Å²) in [5.74, 6) is 0.0844. The predicted molar refractivity (Wildman–Crippen MR) is 109 cm³/mol. The number of carbonyl (C=O) groups is 1. The van der Waals surface area contributed by atoms with Gasteiger partial charge in [0.15, 0.2) is 5.13 Å². The second-order valence-electron chi connectivity index (χ2n) is 6.11. The maximum absolute atomic E-state index is 12.6. The van der Waals surface area contributed by atoms with Gasteiger partial charge in [0.2, 0.25) is 0 Å². The average Bonchev–Trinajstić information content (AvgIpc) is 3.31. The van der Waals surface area contributed by atoms with Crippen LogP contribution in [0, 0.1) is 0 Å². The lowest BCUT2D eigenvalue weighted by molar-refractivity contribution is 0.251. The summed E-state index contributed by atoms with van der Waals surface area (Å²) in [6.45, 7) is 0. The molecule has 1 saturated carbocycles. The smallest absolute Gasteiger partial charge is 0.342 e. The van der Waals surface area contributed by atoms with E-state index in [4.69, 9.17) is 27.4 Å². The molecule has 0 bridgehead atoms. The lowest BCUT2D eigenvalue weighted by Crippen LogP contribution is -2.30. The molecule has 0 unspecified atom stereocenters. The number of fused-ring (bicyclic) bond motifs is 1. The van der Waals surface area contributed by atoms with E-state index in [9.17, 15) is 13.2 Å². The molecule has 0 atom stereocenters. The molecule has 11 heteroatoms. The van der Waals surface area contributed by atoms with E-state index < -0.39 is 10.1 Å². The van der Waals surface area contributed by atoms with Crippen molar-refractivity contribution in [1.82, 2.24) is 10.3 Å². The zero-order valence-electron chi connectivity index (χ0n) is 14.1. The van der Waals surface area contributed by atoms with Crippen molar-refractivity contribution in [3.8, 4) is 5.75 Å². The van der Waals surface area contributed by atoms with Crippen LogP contribution in [-0.2, 0) is 10.1 Å². The van der Waals surface area contributed by atoms with Crippen molar-refractivity contribution >= 4 is 66.0 Å². The molecule has 1 aliphatic rings. The highest BCUT2D eigenvalue weighted by Crippen LogP contribution is 2.34. The molecule has 146 valence electrons. The molecule has 0 spiro atoms. The Balaban J connectivity index is 1.56. The molecule has 1 aliphatic carbocycles. The number of urea groups is 1. The summed E-state index contributed by atoms with van der Waals surface area (Å²) in [5, 5.41) is 5.83. The van der Waals surface area contributed by atoms with Gasteiger partial charge >= 0.3 is 16.1 Å². The number of carbonyl (C=O) groups excluding carboxylic acids is 1. The second kappa shape index (κ2) is 7.40. The predicted octanol–water partition coefficient (Wildman–Crippen LogP) is 4.65. The third kappa shape index (κ3) is 4.17. The monoisotopic (exact) mass is 457 g/mol. The highest BCUT2D eigenvalue weighted by atomic mass is 35.5. The third-order valence-electron chi connectivity index (χ3n) is 3.87. The summed E-state index contributed by atoms with van der Waals surface area (Å²) in [6, 6.07) is 8.90. The Morgan fingerprint density at radius 2 is 1.89 bits per heavy atom. The van der Waals surface area contributed by atoms with Crippen LogP contribution in [0.15, 0.2) is 41.3 Å². The molecule has 2 amide bonds. The van der Waals surface area contributed by atoms with Gasteiger partial charge in [-0.3, -0.25) is 5.32 Å². The molecule has 0 radical (unpaired) electrons. The number of halogens is 2. The summed E-state index contributed by atoms with van der Waals surface area (Å²) < 4.78 is 31.0. The number of hydrogen-bond acceptors (Lipinski definition) is 6. The van der Waals surface area contributed by atoms with Crippen molar-refractivity contribution in [1.29, 1.82) is 0 Å². The van der Waals surface area contributed by atoms with Gasteiger partial charge in [-0.05, 0) is 37.1 Å². The summed E-state index contributed by atoms with van der Waals surface area (Å²) in [5.41, 5.74) is 0.604. The Hall–Kier alpha value is -2.07. The number of hydrogen-bond donors (Lipinski definition) is 2. The van der Waals surface area contributed by atoms with Crippen LogP contribution in [-0.4, -0.2) is 25.5 Å². The maximum atomic E-state index is 12.6. The first-order valence-electron chi connectivity index (χ1n) is 8.18. The first-order chi connectivity index (χ1) is 13.3. The van der Waals surface area contributed by atoms with Gasteiger partial charge in [0.05, 0.1) is 20.3 Å². The van der Waals surface area contributed by atoms with Gasteiger partial charge in [-0.2, -0.15) is 8.42 Å². The Morgan fingerprint density at radius 3 is 2.57 bits per heavy atom. The van der Waals surface area contributed by atoms with Gasteiger partial charge in [-0.1, -0.05) is 40.6 Å². The van der Waals surface area contributed by atoms with E-state index in [1.807, 2.05) is 0 Å². The Morgan fingerprint density at radius 1 is 1.18 bits per heavy atom. The highest BCUT2D eigenvalue weighted by molar-refractivity contribution is 7.87. The minimum Gasteiger partial charge on any atom is -0.379 e. The standard InChI is InChI=1S/C17H13Cl2N3O4S2/c18-11-2-1-3-12(19)15(11)28(24,25)26-10-6-7-13-14(8-10)27-17(21-13)22-16(23)20-9-4-5-9/h1-3,6-9H,4-5H2,(H2,20,21,22,23). The molecule has 1 aromatic heterocycles. The first kappa shape index (κ1) is 19.3. The second-order valence-corrected chi connectivity index (χ2v) is 9.44. The van der Waals surface area contributed by atoms with Crippen molar-refractivity contribution < 1.29 is 17.4 Å². The van der Waals surface area contributed by atoms with Gasteiger partial charge < -0.3 is 9.50 Å². The Bertz CT molecular complexity index is 1160. The van der Waals surface area contributed by atoms with Crippen LogP contribution in [0.3, 0.4) is 0 Å². The summed E-state index contributed by atoms with van der Waals surface area (Å²) in [4.78, 5) is 15.8. The van der Waals surface area contributed by atoms with Crippen LogP contribution in [0.4, 0.5) is 9.93 Å². The number of rotatable bonds is 5. The zero-order chi connectivity index (χ0) is 19.9. The number of nitrogens with one attached hydrogen (secondary N) is 2. The molecule has 0 saturated heterocycles. The van der Waals surface area contributed by atoms with Gasteiger partial charge in [0.25, 0.3) is 0 Å². The van der Waals surface area contributed by atoms with Crippen LogP contribution >= 0.6 is 34.5 Å². The van der Waals surface area contributed by atoms with E-state index in [2.05, 4.69) is 15.6 Å². The first-order valence-corrected chi connectivity index (χ1v) is 11.2. The summed E-state index contributed by atoms with van der Waals surface area (Å²) in [6.07, 6.45) is 1.97. The molecule has 3 aromatic rings. The van der Waals surface area contributed by atoms with Gasteiger partial charge in [0.1, 0.15) is 10.6 Å². The molecule has 7 nitrogen and oxygen atoms in total. The average molecular weight is 458 g/mol. The normalized spacial score (nSPS) is 14.1. The largest absolute Gasteiger partial charge is 0.379 e. The topological polar surface area (TPSA) is 97.4 Å². The molecule has 2 aromatic carbocycles. The maximum Gasteiger partial charge on any atom is 0.342 e. The lowest BCUT2D eigenvalue weighted by atomic mass is 10.3. The highest BCUT2D eigenvalue weighted by Gasteiger charge is 2.25. The molecule has 1 fully saturated rings. The SMILES string of the molecule is O=C(Nc1nc2ccc(OS(=O)(=O)c3c(Cl)cccc3Cl)cc2s1)NC1CC1. The number of aromatic nitrogens is 1. The van der Waals surface area contributed by atoms with Crippen LogP contribution in [0.1, 0.15) is 12.8 Å². The number of thiazole rings is 1. The van der Waals surface area contributed by atoms with Crippen molar-refractivity contribution in [3.05, 3.63) is 46.4 Å². The number of nitrogens with zero attached hydrogens (tertiary/aromatic N) is 1. The molecular formula is C17H13Cl2N3O4S2. The molecular weight excluding hydrogens is 445 g/mol. The van der Waals surface area contributed by atoms with Crippen LogP contribution < -0.4 is 14.8 Å². The van der Waals surface area contributed by atoms with Crippen molar-refractivity contribution in [2.75, 3.05) is 5.32 Å². The molecule has 4 rings (SSSR count). The zero-order valence-corrected chi connectivity index (χ0v) is 17.3. The fourth-order valence-corrected chi connectivity index (χ4v) is 5.35. The van der Waals surface area contributed by atoms with E-state index in [0.717, 1.165) is 12.8 Å². The van der Waals surface area contributed by atoms with E-state index in [0.29, 0.717) is 15.3 Å². The minimum absolute atomic E-state index is 0.0282. The number of anilines is 1. The molecule has 28 heavy (non-hydrogen) atoms.